The average molecular weight is 144 g/mol. The minimum atomic E-state index is -0.792. The molecule has 0 rings (SSSR count). The Balaban J connectivity index is 0. The van der Waals surface area contributed by atoms with Gasteiger partial charge in [-0.25, -0.2) is 4.79 Å². The van der Waals surface area contributed by atoms with E-state index >= 15 is 0 Å². The van der Waals surface area contributed by atoms with Gasteiger partial charge in [-0.2, -0.15) is 5.26 Å². The first-order chi connectivity index (χ1) is 4.59. The molecule has 0 aromatic heterocycles. The van der Waals surface area contributed by atoms with Crippen LogP contribution in [0.15, 0.2) is 24.8 Å². The van der Waals surface area contributed by atoms with Crippen molar-refractivity contribution in [2.24, 2.45) is 0 Å². The number of hydrogen-bond acceptors (Lipinski definition) is 3. The number of carbonyl (C=O) groups is 1. The summed E-state index contributed by atoms with van der Waals surface area (Å²) in [4.78, 5) is 13.2. The summed E-state index contributed by atoms with van der Waals surface area (Å²) in [6.45, 7) is 9.88. The minimum Gasteiger partial charge on any atom is -0.296 e. The van der Waals surface area contributed by atoms with Crippen LogP contribution in [0.25, 0.3) is 0 Å². The molecule has 0 unspecified atom stereocenters. The van der Waals surface area contributed by atoms with E-state index in [1.807, 2.05) is 6.92 Å². The fraction of sp³-hybridized carbons (Fsp3) is 0.286. The van der Waals surface area contributed by atoms with E-state index in [1.165, 1.54) is 6.92 Å². The lowest BCUT2D eigenvalue weighted by molar-refractivity contribution is -0.229. The molecule has 10 heavy (non-hydrogen) atoms. The standard InChI is InChI=1S/C4H6O3.C3H6/c1-3(2)4(5)7-6;1-3-2/h6H,1H2,2H3;3H,1H2,2H3. The molecule has 3 heteroatoms. The summed E-state index contributed by atoms with van der Waals surface area (Å²) in [5.74, 6) is -0.792. The van der Waals surface area contributed by atoms with Gasteiger partial charge in [-0.3, -0.25) is 4.89 Å². The second kappa shape index (κ2) is 7.91. The van der Waals surface area contributed by atoms with Crippen LogP contribution >= 0.6 is 0 Å². The molecule has 0 bridgehead atoms. The van der Waals surface area contributed by atoms with Gasteiger partial charge in [0.2, 0.25) is 0 Å². The van der Waals surface area contributed by atoms with E-state index < -0.39 is 5.97 Å². The van der Waals surface area contributed by atoms with Crippen molar-refractivity contribution in [2.45, 2.75) is 13.8 Å². The lowest BCUT2D eigenvalue weighted by Gasteiger charge is -1.88. The van der Waals surface area contributed by atoms with Crippen LogP contribution in [0.2, 0.25) is 0 Å². The second-order valence-corrected chi connectivity index (χ2v) is 1.57. The highest BCUT2D eigenvalue weighted by Crippen LogP contribution is 1.86. The van der Waals surface area contributed by atoms with Crippen molar-refractivity contribution in [1.82, 2.24) is 0 Å². The lowest BCUT2D eigenvalue weighted by atomic mass is 10.4. The Kier molecular flexibility index (Phi) is 9.24. The molecule has 58 valence electrons. The third-order valence-electron chi connectivity index (χ3n) is 0.431. The molecule has 3 nitrogen and oxygen atoms in total. The Labute approximate surface area is 60.6 Å². The van der Waals surface area contributed by atoms with Crippen LogP contribution in [0.4, 0.5) is 0 Å². The van der Waals surface area contributed by atoms with Gasteiger partial charge in [-0.15, -0.1) is 6.58 Å². The predicted molar refractivity (Wildman–Crippen MR) is 39.4 cm³/mol. The van der Waals surface area contributed by atoms with Gasteiger partial charge in [-0.05, 0) is 13.8 Å². The Morgan fingerprint density at radius 3 is 2.00 bits per heavy atom. The predicted octanol–water partition coefficient (Wildman–Crippen LogP) is 1.77. The molecule has 1 N–H and O–H groups in total. The maximum atomic E-state index is 9.94. The summed E-state index contributed by atoms with van der Waals surface area (Å²) in [6, 6.07) is 0. The van der Waals surface area contributed by atoms with E-state index in [1.54, 1.807) is 6.08 Å². The van der Waals surface area contributed by atoms with Gasteiger partial charge in [0.05, 0.1) is 0 Å². The molecule has 0 fully saturated rings. The normalized spacial score (nSPS) is 6.70. The van der Waals surface area contributed by atoms with Gasteiger partial charge >= 0.3 is 5.97 Å². The zero-order valence-corrected chi connectivity index (χ0v) is 6.26. The Bertz CT molecular complexity index is 127. The van der Waals surface area contributed by atoms with Crippen molar-refractivity contribution in [3.05, 3.63) is 24.8 Å². The first-order valence-electron chi connectivity index (χ1n) is 2.68. The molecule has 0 aliphatic rings. The lowest BCUT2D eigenvalue weighted by Crippen LogP contribution is -1.99. The molecule has 0 aliphatic heterocycles. The Hall–Kier alpha value is -1.09. The smallest absolute Gasteiger partial charge is 0.296 e. The number of rotatable bonds is 1. The van der Waals surface area contributed by atoms with Crippen LogP contribution < -0.4 is 0 Å². The van der Waals surface area contributed by atoms with Gasteiger partial charge in [0.1, 0.15) is 0 Å². The average Bonchev–Trinajstić information content (AvgIpc) is 1.88. The van der Waals surface area contributed by atoms with Crippen LogP contribution in [-0.2, 0) is 9.68 Å². The molecular weight excluding hydrogens is 132 g/mol. The molecule has 0 radical (unpaired) electrons. The Morgan fingerprint density at radius 1 is 1.70 bits per heavy atom. The highest BCUT2D eigenvalue weighted by atomic mass is 17.1. The fourth-order valence-electron chi connectivity index (χ4n) is 0.0779. The summed E-state index contributed by atoms with van der Waals surface area (Å²) in [6.07, 6.45) is 1.75. The molecule has 0 heterocycles. The highest BCUT2D eigenvalue weighted by Gasteiger charge is 1.98. The van der Waals surface area contributed by atoms with Gasteiger partial charge in [0.25, 0.3) is 0 Å². The highest BCUT2D eigenvalue weighted by molar-refractivity contribution is 5.86. The monoisotopic (exact) mass is 144 g/mol. The quantitative estimate of drug-likeness (QED) is 0.264. The largest absolute Gasteiger partial charge is 0.367 e. The van der Waals surface area contributed by atoms with E-state index in [-0.39, 0.29) is 5.57 Å². The summed E-state index contributed by atoms with van der Waals surface area (Å²) in [5, 5.41) is 7.59. The van der Waals surface area contributed by atoms with Gasteiger partial charge in [0.15, 0.2) is 0 Å². The van der Waals surface area contributed by atoms with E-state index in [2.05, 4.69) is 18.0 Å². The van der Waals surface area contributed by atoms with Crippen molar-refractivity contribution < 1.29 is 14.9 Å². The first kappa shape index (κ1) is 11.7. The third kappa shape index (κ3) is 10.0. The van der Waals surface area contributed by atoms with Crippen LogP contribution in [-0.4, -0.2) is 11.2 Å². The van der Waals surface area contributed by atoms with Crippen LogP contribution in [0.1, 0.15) is 13.8 Å². The van der Waals surface area contributed by atoms with Crippen LogP contribution in [0, 0.1) is 0 Å². The van der Waals surface area contributed by atoms with Gasteiger partial charge in [-0.1, -0.05) is 12.7 Å². The molecular formula is C7H12O3. The van der Waals surface area contributed by atoms with E-state index in [0.29, 0.717) is 0 Å². The Morgan fingerprint density at radius 2 is 2.00 bits per heavy atom. The number of hydrogen-bond donors (Lipinski definition) is 1. The van der Waals surface area contributed by atoms with Crippen LogP contribution in [0.3, 0.4) is 0 Å². The molecule has 0 atom stereocenters. The van der Waals surface area contributed by atoms with Gasteiger partial charge in [0, 0.05) is 5.57 Å². The van der Waals surface area contributed by atoms with Crippen molar-refractivity contribution in [2.75, 3.05) is 0 Å². The molecule has 0 aromatic rings. The maximum Gasteiger partial charge on any atom is 0.367 e. The third-order valence-corrected chi connectivity index (χ3v) is 0.431. The van der Waals surface area contributed by atoms with Gasteiger partial charge < -0.3 is 0 Å². The summed E-state index contributed by atoms with van der Waals surface area (Å²) in [5.41, 5.74) is 0.183. The van der Waals surface area contributed by atoms with Crippen molar-refractivity contribution in [3.63, 3.8) is 0 Å². The fourth-order valence-corrected chi connectivity index (χ4v) is 0.0779. The molecule has 0 aromatic carbocycles. The molecule has 0 spiro atoms. The van der Waals surface area contributed by atoms with E-state index in [9.17, 15) is 4.79 Å². The second-order valence-electron chi connectivity index (χ2n) is 1.57. The maximum absolute atomic E-state index is 9.94. The van der Waals surface area contributed by atoms with Crippen molar-refractivity contribution >= 4 is 5.97 Å². The number of carbonyl (C=O) groups excluding carboxylic acids is 1. The first-order valence-corrected chi connectivity index (χ1v) is 2.68. The zero-order chi connectivity index (χ0) is 8.57. The van der Waals surface area contributed by atoms with Crippen molar-refractivity contribution in [1.29, 1.82) is 0 Å². The molecule has 0 saturated heterocycles. The van der Waals surface area contributed by atoms with E-state index in [4.69, 9.17) is 5.26 Å². The summed E-state index contributed by atoms with van der Waals surface area (Å²) < 4.78 is 0. The summed E-state index contributed by atoms with van der Waals surface area (Å²) >= 11 is 0. The van der Waals surface area contributed by atoms with E-state index in [0.717, 1.165) is 0 Å². The SMILES string of the molecule is C=C(C)C(=O)OO.C=CC. The molecule has 0 saturated carbocycles. The minimum absolute atomic E-state index is 0.183. The zero-order valence-electron chi connectivity index (χ0n) is 6.26. The van der Waals surface area contributed by atoms with Crippen LogP contribution in [0.5, 0.6) is 0 Å². The molecule has 0 amide bonds. The number of allylic oxidation sites excluding steroid dienone is 1. The topological polar surface area (TPSA) is 46.5 Å². The van der Waals surface area contributed by atoms with Crippen molar-refractivity contribution in [3.8, 4) is 0 Å². The molecule has 0 aliphatic carbocycles. The summed E-state index contributed by atoms with van der Waals surface area (Å²) in [7, 11) is 0.